The van der Waals surface area contributed by atoms with Gasteiger partial charge in [-0.05, 0) is 50.3 Å². The maximum absolute atomic E-state index is 12.8. The van der Waals surface area contributed by atoms with Crippen LogP contribution in [0.3, 0.4) is 0 Å². The Morgan fingerprint density at radius 1 is 1.25 bits per heavy atom. The zero-order valence-electron chi connectivity index (χ0n) is 14.1. The molecule has 24 heavy (non-hydrogen) atoms. The zero-order chi connectivity index (χ0) is 17.6. The number of carboxylic acids is 1. The maximum atomic E-state index is 12.8. The van der Waals surface area contributed by atoms with Crippen LogP contribution in [0.5, 0.6) is 0 Å². The third-order valence-corrected chi connectivity index (χ3v) is 4.61. The van der Waals surface area contributed by atoms with Crippen LogP contribution < -0.4 is 5.32 Å². The van der Waals surface area contributed by atoms with E-state index in [2.05, 4.69) is 5.32 Å². The SMILES string of the molecule is CC1(C(=O)O)CCN(C(=O)NCCCCCc2ccc(F)cc2)C1. The number of carboxylic acid groups (broad SMARTS) is 1. The summed E-state index contributed by atoms with van der Waals surface area (Å²) < 4.78 is 12.8. The zero-order valence-corrected chi connectivity index (χ0v) is 14.1. The first-order valence-corrected chi connectivity index (χ1v) is 8.41. The lowest BCUT2D eigenvalue weighted by Crippen LogP contribution is -2.41. The van der Waals surface area contributed by atoms with Crippen molar-refractivity contribution in [1.29, 1.82) is 0 Å². The Labute approximate surface area is 141 Å². The summed E-state index contributed by atoms with van der Waals surface area (Å²) in [4.78, 5) is 24.8. The largest absolute Gasteiger partial charge is 0.481 e. The Kier molecular flexibility index (Phi) is 6.17. The maximum Gasteiger partial charge on any atom is 0.317 e. The fraction of sp³-hybridized carbons (Fsp3) is 0.556. The van der Waals surface area contributed by atoms with E-state index in [1.54, 1.807) is 24.0 Å². The molecule has 1 aliphatic heterocycles. The first kappa shape index (κ1) is 18.2. The molecule has 1 fully saturated rings. The standard InChI is InChI=1S/C18H25FN2O3/c1-18(16(22)23)10-12-21(13-18)17(24)20-11-4-2-3-5-14-6-8-15(19)9-7-14/h6-9H,2-5,10-13H2,1H3,(H,20,24)(H,22,23). The number of benzene rings is 1. The van der Waals surface area contributed by atoms with E-state index in [4.69, 9.17) is 0 Å². The Balaban J connectivity index is 1.58. The molecule has 5 nitrogen and oxygen atoms in total. The van der Waals surface area contributed by atoms with Crippen molar-refractivity contribution >= 4 is 12.0 Å². The number of carbonyl (C=O) groups excluding carboxylic acids is 1. The number of aliphatic carboxylic acids is 1. The van der Waals surface area contributed by atoms with Gasteiger partial charge in [0.05, 0.1) is 5.41 Å². The molecule has 0 radical (unpaired) electrons. The van der Waals surface area contributed by atoms with Crippen LogP contribution >= 0.6 is 0 Å². The second kappa shape index (κ2) is 8.13. The van der Waals surface area contributed by atoms with E-state index >= 15 is 0 Å². The van der Waals surface area contributed by atoms with Crippen molar-refractivity contribution < 1.29 is 19.1 Å². The van der Waals surface area contributed by atoms with Gasteiger partial charge in [0, 0.05) is 19.6 Å². The first-order valence-electron chi connectivity index (χ1n) is 8.41. The van der Waals surface area contributed by atoms with Crippen LogP contribution in [0, 0.1) is 11.2 Å². The number of halogens is 1. The molecule has 2 rings (SSSR count). The van der Waals surface area contributed by atoms with Crippen molar-refractivity contribution in [2.45, 2.75) is 39.0 Å². The van der Waals surface area contributed by atoms with Gasteiger partial charge in [-0.3, -0.25) is 4.79 Å². The van der Waals surface area contributed by atoms with Gasteiger partial charge in [0.25, 0.3) is 0 Å². The lowest BCUT2D eigenvalue weighted by molar-refractivity contribution is -0.146. The Hall–Kier alpha value is -2.11. The second-order valence-electron chi connectivity index (χ2n) is 6.71. The molecule has 1 aliphatic rings. The van der Waals surface area contributed by atoms with Crippen LogP contribution in [0.25, 0.3) is 0 Å². The smallest absolute Gasteiger partial charge is 0.317 e. The Morgan fingerprint density at radius 2 is 1.96 bits per heavy atom. The molecular weight excluding hydrogens is 311 g/mol. The van der Waals surface area contributed by atoms with Crippen LogP contribution in [0.2, 0.25) is 0 Å². The van der Waals surface area contributed by atoms with Crippen molar-refractivity contribution in [1.82, 2.24) is 10.2 Å². The number of amides is 2. The predicted molar refractivity (Wildman–Crippen MR) is 89.3 cm³/mol. The van der Waals surface area contributed by atoms with Crippen molar-refractivity contribution in [3.8, 4) is 0 Å². The summed E-state index contributed by atoms with van der Waals surface area (Å²) in [5, 5.41) is 12.0. The normalized spacial score (nSPS) is 20.2. The number of urea groups is 1. The second-order valence-corrected chi connectivity index (χ2v) is 6.71. The summed E-state index contributed by atoms with van der Waals surface area (Å²) in [6, 6.07) is 6.35. The summed E-state index contributed by atoms with van der Waals surface area (Å²) in [6.07, 6.45) is 4.23. The molecule has 1 aromatic carbocycles. The molecular formula is C18H25FN2O3. The number of aryl methyl sites for hydroxylation is 1. The Morgan fingerprint density at radius 3 is 2.58 bits per heavy atom. The van der Waals surface area contributed by atoms with Gasteiger partial charge < -0.3 is 15.3 Å². The van der Waals surface area contributed by atoms with E-state index in [0.29, 0.717) is 19.5 Å². The van der Waals surface area contributed by atoms with Gasteiger partial charge in [0.2, 0.25) is 0 Å². The van der Waals surface area contributed by atoms with Gasteiger partial charge in [0.15, 0.2) is 0 Å². The highest BCUT2D eigenvalue weighted by atomic mass is 19.1. The molecule has 0 aromatic heterocycles. The first-order chi connectivity index (χ1) is 11.4. The Bertz CT molecular complexity index is 576. The fourth-order valence-corrected chi connectivity index (χ4v) is 2.90. The molecule has 1 heterocycles. The lowest BCUT2D eigenvalue weighted by Gasteiger charge is -2.20. The molecule has 0 saturated carbocycles. The van der Waals surface area contributed by atoms with Crippen molar-refractivity contribution in [3.63, 3.8) is 0 Å². The molecule has 0 spiro atoms. The molecule has 2 N–H and O–H groups in total. The van der Waals surface area contributed by atoms with Crippen molar-refractivity contribution in [2.24, 2.45) is 5.41 Å². The minimum Gasteiger partial charge on any atom is -0.481 e. The van der Waals surface area contributed by atoms with E-state index < -0.39 is 11.4 Å². The highest BCUT2D eigenvalue weighted by Gasteiger charge is 2.42. The van der Waals surface area contributed by atoms with E-state index in [9.17, 15) is 19.1 Å². The molecule has 1 unspecified atom stereocenters. The van der Waals surface area contributed by atoms with Gasteiger partial charge in [-0.2, -0.15) is 0 Å². The lowest BCUT2D eigenvalue weighted by atomic mass is 9.90. The van der Waals surface area contributed by atoms with Gasteiger partial charge in [0.1, 0.15) is 5.82 Å². The number of rotatable bonds is 7. The molecule has 2 amide bonds. The van der Waals surface area contributed by atoms with E-state index in [1.807, 2.05) is 0 Å². The van der Waals surface area contributed by atoms with Crippen LogP contribution in [0.4, 0.5) is 9.18 Å². The summed E-state index contributed by atoms with van der Waals surface area (Å²) in [6.45, 7) is 3.01. The minimum atomic E-state index is -0.849. The number of carbonyl (C=O) groups is 2. The van der Waals surface area contributed by atoms with Gasteiger partial charge in [-0.25, -0.2) is 9.18 Å². The topological polar surface area (TPSA) is 69.6 Å². The third-order valence-electron chi connectivity index (χ3n) is 4.61. The average molecular weight is 336 g/mol. The quantitative estimate of drug-likeness (QED) is 0.752. The van der Waals surface area contributed by atoms with Gasteiger partial charge in [-0.15, -0.1) is 0 Å². The number of unbranched alkanes of at least 4 members (excludes halogenated alkanes) is 2. The summed E-state index contributed by atoms with van der Waals surface area (Å²) in [5.41, 5.74) is 0.289. The summed E-state index contributed by atoms with van der Waals surface area (Å²) in [5.74, 6) is -1.07. The van der Waals surface area contributed by atoms with Crippen LogP contribution in [-0.4, -0.2) is 41.6 Å². The molecule has 1 aromatic rings. The molecule has 0 bridgehead atoms. The molecule has 6 heteroatoms. The number of hydrogen-bond donors (Lipinski definition) is 2. The minimum absolute atomic E-state index is 0.182. The third kappa shape index (κ3) is 4.94. The molecule has 0 aliphatic carbocycles. The monoisotopic (exact) mass is 336 g/mol. The number of likely N-dealkylation sites (tertiary alicyclic amines) is 1. The van der Waals surface area contributed by atoms with Crippen molar-refractivity contribution in [2.75, 3.05) is 19.6 Å². The van der Waals surface area contributed by atoms with Crippen LogP contribution in [-0.2, 0) is 11.2 Å². The van der Waals surface area contributed by atoms with Crippen LogP contribution in [0.1, 0.15) is 38.2 Å². The summed E-state index contributed by atoms with van der Waals surface area (Å²) >= 11 is 0. The highest BCUT2D eigenvalue weighted by Crippen LogP contribution is 2.29. The molecule has 1 atom stereocenters. The predicted octanol–water partition coefficient (Wildman–Crippen LogP) is 3.04. The van der Waals surface area contributed by atoms with Gasteiger partial charge in [-0.1, -0.05) is 18.6 Å². The van der Waals surface area contributed by atoms with Gasteiger partial charge >= 0.3 is 12.0 Å². The number of nitrogens with one attached hydrogen (secondary N) is 1. The van der Waals surface area contributed by atoms with Crippen LogP contribution in [0.15, 0.2) is 24.3 Å². The fourth-order valence-electron chi connectivity index (χ4n) is 2.90. The number of hydrogen-bond acceptors (Lipinski definition) is 2. The average Bonchev–Trinajstić information content (AvgIpc) is 2.96. The summed E-state index contributed by atoms with van der Waals surface area (Å²) in [7, 11) is 0. The van der Waals surface area contributed by atoms with E-state index in [-0.39, 0.29) is 18.4 Å². The van der Waals surface area contributed by atoms with Crippen molar-refractivity contribution in [3.05, 3.63) is 35.6 Å². The van der Waals surface area contributed by atoms with E-state index in [1.165, 1.54) is 12.1 Å². The van der Waals surface area contributed by atoms with E-state index in [0.717, 1.165) is 31.2 Å². The molecule has 132 valence electrons. The highest BCUT2D eigenvalue weighted by molar-refractivity contribution is 5.79. The molecule has 1 saturated heterocycles. The number of nitrogens with zero attached hydrogens (tertiary/aromatic N) is 1.